The van der Waals surface area contributed by atoms with Gasteiger partial charge < -0.3 is 9.47 Å². The minimum Gasteiger partial charge on any atom is -0.491 e. The van der Waals surface area contributed by atoms with Crippen molar-refractivity contribution in [3.8, 4) is 5.75 Å². The monoisotopic (exact) mass is 295 g/mol. The second-order valence-corrected chi connectivity index (χ2v) is 5.93. The number of hydrogen-bond acceptors (Lipinski definition) is 3. The Balaban J connectivity index is 2.11. The van der Waals surface area contributed by atoms with Crippen molar-refractivity contribution in [1.29, 1.82) is 0 Å². The number of aliphatic imine (C=N–C) groups is 1. The van der Waals surface area contributed by atoms with Gasteiger partial charge in [0.15, 0.2) is 0 Å². The van der Waals surface area contributed by atoms with Crippen LogP contribution in [0.5, 0.6) is 5.75 Å². The standard InChI is InChI=1S/C16H22ClNO2/c1-11(2)8-13-9-12-10-14(20-7-6-19-3)4-5-15(12)16(17)18-13/h4-5,10-11,13H,6-9H2,1-3H3. The summed E-state index contributed by atoms with van der Waals surface area (Å²) in [5.41, 5.74) is 2.26. The molecule has 0 radical (unpaired) electrons. The zero-order valence-electron chi connectivity index (χ0n) is 12.4. The number of nitrogens with zero attached hydrogens (tertiary/aromatic N) is 1. The molecule has 3 nitrogen and oxygen atoms in total. The van der Waals surface area contributed by atoms with Gasteiger partial charge in [-0.25, -0.2) is 0 Å². The molecule has 20 heavy (non-hydrogen) atoms. The Hall–Kier alpha value is -1.06. The maximum atomic E-state index is 6.29. The first kappa shape index (κ1) is 15.3. The van der Waals surface area contributed by atoms with Crippen LogP contribution in [0.3, 0.4) is 0 Å². The Kier molecular flexibility index (Phi) is 5.44. The number of rotatable bonds is 6. The van der Waals surface area contributed by atoms with E-state index in [1.165, 1.54) is 5.56 Å². The lowest BCUT2D eigenvalue weighted by Crippen LogP contribution is -2.20. The van der Waals surface area contributed by atoms with E-state index in [1.54, 1.807) is 7.11 Å². The fourth-order valence-corrected chi connectivity index (χ4v) is 2.80. The van der Waals surface area contributed by atoms with Crippen molar-refractivity contribution in [1.82, 2.24) is 0 Å². The molecule has 1 heterocycles. The van der Waals surface area contributed by atoms with Gasteiger partial charge in [0.1, 0.15) is 17.5 Å². The summed E-state index contributed by atoms with van der Waals surface area (Å²) in [6.07, 6.45) is 2.00. The highest BCUT2D eigenvalue weighted by atomic mass is 35.5. The van der Waals surface area contributed by atoms with E-state index < -0.39 is 0 Å². The van der Waals surface area contributed by atoms with E-state index in [-0.39, 0.29) is 6.04 Å². The van der Waals surface area contributed by atoms with E-state index in [4.69, 9.17) is 21.1 Å². The van der Waals surface area contributed by atoms with Crippen LogP contribution in [0.4, 0.5) is 0 Å². The molecule has 0 spiro atoms. The molecular formula is C16H22ClNO2. The summed E-state index contributed by atoms with van der Waals surface area (Å²) in [5, 5.41) is 0.625. The van der Waals surface area contributed by atoms with Gasteiger partial charge in [0.05, 0.1) is 12.6 Å². The molecule has 1 aromatic rings. The summed E-state index contributed by atoms with van der Waals surface area (Å²) in [7, 11) is 1.67. The molecule has 1 aliphatic heterocycles. The normalized spacial score (nSPS) is 17.9. The summed E-state index contributed by atoms with van der Waals surface area (Å²) >= 11 is 6.29. The summed E-state index contributed by atoms with van der Waals surface area (Å²) in [6, 6.07) is 6.30. The third-order valence-electron chi connectivity index (χ3n) is 3.35. The average Bonchev–Trinajstić information content (AvgIpc) is 2.38. The molecule has 0 amide bonds. The van der Waals surface area contributed by atoms with Crippen LogP contribution in [0.15, 0.2) is 23.2 Å². The molecule has 110 valence electrons. The zero-order chi connectivity index (χ0) is 14.5. The molecule has 0 aliphatic carbocycles. The second-order valence-electron chi connectivity index (χ2n) is 5.57. The van der Waals surface area contributed by atoms with Gasteiger partial charge in [-0.15, -0.1) is 0 Å². The van der Waals surface area contributed by atoms with Gasteiger partial charge >= 0.3 is 0 Å². The fraction of sp³-hybridized carbons (Fsp3) is 0.562. The largest absolute Gasteiger partial charge is 0.491 e. The van der Waals surface area contributed by atoms with Gasteiger partial charge in [-0.1, -0.05) is 25.4 Å². The van der Waals surface area contributed by atoms with E-state index >= 15 is 0 Å². The molecule has 0 saturated carbocycles. The molecule has 1 aromatic carbocycles. The van der Waals surface area contributed by atoms with Crippen LogP contribution in [-0.4, -0.2) is 31.5 Å². The first-order valence-corrected chi connectivity index (χ1v) is 7.46. The smallest absolute Gasteiger partial charge is 0.131 e. The highest BCUT2D eigenvalue weighted by Gasteiger charge is 2.21. The Morgan fingerprint density at radius 2 is 2.15 bits per heavy atom. The van der Waals surface area contributed by atoms with E-state index in [9.17, 15) is 0 Å². The summed E-state index contributed by atoms with van der Waals surface area (Å²) < 4.78 is 10.6. The average molecular weight is 296 g/mol. The van der Waals surface area contributed by atoms with Gasteiger partial charge in [-0.2, -0.15) is 0 Å². The first-order valence-electron chi connectivity index (χ1n) is 7.08. The Morgan fingerprint density at radius 3 is 2.85 bits per heavy atom. The minimum absolute atomic E-state index is 0.282. The van der Waals surface area contributed by atoms with E-state index in [2.05, 4.69) is 24.9 Å². The predicted octanol–water partition coefficient (Wildman–Crippen LogP) is 3.67. The van der Waals surface area contributed by atoms with Crippen LogP contribution in [0.1, 0.15) is 31.4 Å². The van der Waals surface area contributed by atoms with E-state index in [0.717, 1.165) is 24.2 Å². The summed E-state index contributed by atoms with van der Waals surface area (Å²) in [6.45, 7) is 5.58. The molecule has 4 heteroatoms. The number of halogens is 1. The molecule has 1 unspecified atom stereocenters. The van der Waals surface area contributed by atoms with E-state index in [0.29, 0.717) is 24.3 Å². The summed E-state index contributed by atoms with van der Waals surface area (Å²) in [5.74, 6) is 1.49. The van der Waals surface area contributed by atoms with Crippen LogP contribution in [0.2, 0.25) is 0 Å². The number of benzene rings is 1. The first-order chi connectivity index (χ1) is 9.60. The number of ether oxygens (including phenoxy) is 2. The topological polar surface area (TPSA) is 30.8 Å². The fourth-order valence-electron chi connectivity index (χ4n) is 2.48. The van der Waals surface area contributed by atoms with Gasteiger partial charge in [0.2, 0.25) is 0 Å². The molecule has 1 atom stereocenters. The molecule has 0 bridgehead atoms. The Morgan fingerprint density at radius 1 is 1.35 bits per heavy atom. The van der Waals surface area contributed by atoms with Crippen molar-refractivity contribution < 1.29 is 9.47 Å². The molecule has 0 fully saturated rings. The van der Waals surface area contributed by atoms with Crippen molar-refractivity contribution in [3.63, 3.8) is 0 Å². The minimum atomic E-state index is 0.282. The van der Waals surface area contributed by atoms with Crippen LogP contribution in [-0.2, 0) is 11.2 Å². The summed E-state index contributed by atoms with van der Waals surface area (Å²) in [4.78, 5) is 4.59. The third-order valence-corrected chi connectivity index (χ3v) is 3.65. The SMILES string of the molecule is COCCOc1ccc2c(c1)CC(CC(C)C)N=C2Cl. The lowest BCUT2D eigenvalue weighted by molar-refractivity contribution is 0.146. The van der Waals surface area contributed by atoms with Crippen LogP contribution >= 0.6 is 11.6 Å². The van der Waals surface area contributed by atoms with Gasteiger partial charge in [0, 0.05) is 12.7 Å². The Bertz CT molecular complexity index is 485. The van der Waals surface area contributed by atoms with Crippen LogP contribution in [0, 0.1) is 5.92 Å². The third kappa shape index (κ3) is 3.97. The zero-order valence-corrected chi connectivity index (χ0v) is 13.1. The van der Waals surface area contributed by atoms with E-state index in [1.807, 2.05) is 12.1 Å². The number of fused-ring (bicyclic) bond motifs is 1. The lowest BCUT2D eigenvalue weighted by atomic mass is 9.92. The molecule has 0 saturated heterocycles. The maximum Gasteiger partial charge on any atom is 0.131 e. The van der Waals surface area contributed by atoms with Gasteiger partial charge in [0.25, 0.3) is 0 Å². The maximum absolute atomic E-state index is 6.29. The quantitative estimate of drug-likeness (QED) is 0.750. The van der Waals surface area contributed by atoms with Gasteiger partial charge in [-0.05, 0) is 42.5 Å². The highest BCUT2D eigenvalue weighted by molar-refractivity contribution is 6.69. The van der Waals surface area contributed by atoms with Gasteiger partial charge in [-0.3, -0.25) is 4.99 Å². The van der Waals surface area contributed by atoms with Crippen LogP contribution in [0.25, 0.3) is 0 Å². The van der Waals surface area contributed by atoms with Crippen molar-refractivity contribution >= 4 is 16.8 Å². The van der Waals surface area contributed by atoms with Crippen molar-refractivity contribution in [2.45, 2.75) is 32.7 Å². The Labute approximate surface area is 126 Å². The van der Waals surface area contributed by atoms with Crippen molar-refractivity contribution in [3.05, 3.63) is 29.3 Å². The lowest BCUT2D eigenvalue weighted by Gasteiger charge is -2.23. The molecule has 0 N–H and O–H groups in total. The molecule has 2 rings (SSSR count). The molecule has 1 aliphatic rings. The number of hydrogen-bond donors (Lipinski definition) is 0. The van der Waals surface area contributed by atoms with Crippen molar-refractivity contribution in [2.75, 3.05) is 20.3 Å². The number of methoxy groups -OCH3 is 1. The highest BCUT2D eigenvalue weighted by Crippen LogP contribution is 2.28. The second kappa shape index (κ2) is 7.09. The van der Waals surface area contributed by atoms with Crippen LogP contribution < -0.4 is 4.74 Å². The molecular weight excluding hydrogens is 274 g/mol. The predicted molar refractivity (Wildman–Crippen MR) is 83.2 cm³/mol. The molecule has 0 aromatic heterocycles. The van der Waals surface area contributed by atoms with Crippen molar-refractivity contribution in [2.24, 2.45) is 10.9 Å².